The van der Waals surface area contributed by atoms with Crippen molar-refractivity contribution in [3.05, 3.63) is 58.7 Å². The molecule has 10 nitrogen and oxygen atoms in total. The molecule has 2 aromatic carbocycles. The first-order chi connectivity index (χ1) is 28.1. The number of aliphatic hydroxyl groups is 1. The molecule has 318 valence electrons. The third kappa shape index (κ3) is 11.2. The van der Waals surface area contributed by atoms with Crippen molar-refractivity contribution < 1.29 is 29.3 Å². The number of aliphatic imine (C=N–C) groups is 1. The van der Waals surface area contributed by atoms with Crippen LogP contribution in [0.1, 0.15) is 138 Å². The molecule has 0 unspecified atom stereocenters. The molecule has 2 aliphatic carbocycles. The van der Waals surface area contributed by atoms with Gasteiger partial charge in [0, 0.05) is 61.7 Å². The normalized spacial score (nSPS) is 29.0. The first-order valence-electron chi connectivity index (χ1n) is 22.2. The third-order valence-corrected chi connectivity index (χ3v) is 16.6. The zero-order valence-corrected chi connectivity index (χ0v) is 36.2. The number of phenolic OH excluding ortho intramolecular Hbond substituents is 1. The number of aliphatic hydroxyl groups excluding tert-OH is 1. The number of esters is 1. The molecule has 4 bridgehead atoms. The van der Waals surface area contributed by atoms with Crippen molar-refractivity contribution in [3.8, 4) is 11.5 Å². The molecule has 5 N–H and O–H groups in total. The monoisotopic (exact) mass is 834 g/mol. The molecule has 0 radical (unpaired) electrons. The number of fused-ring (bicyclic) bond motifs is 7. The molecule has 1 amide bonds. The first kappa shape index (κ1) is 43.0. The third-order valence-electron chi connectivity index (χ3n) is 13.4. The smallest absolute Gasteiger partial charge is 0.302 e. The van der Waals surface area contributed by atoms with Crippen LogP contribution in [0.2, 0.25) is 0 Å². The molecule has 2 aromatic rings. The highest BCUT2D eigenvalue weighted by molar-refractivity contribution is 8.77. The van der Waals surface area contributed by atoms with Gasteiger partial charge in [0.05, 0.1) is 11.0 Å². The average Bonchev–Trinajstić information content (AvgIpc) is 3.88. The minimum Gasteiger partial charge on any atom is -0.504 e. The number of nitrogens with two attached hydrogens (primary N) is 1. The van der Waals surface area contributed by atoms with E-state index in [2.05, 4.69) is 35.6 Å². The van der Waals surface area contributed by atoms with E-state index in [1.807, 2.05) is 32.6 Å². The fourth-order valence-electron chi connectivity index (χ4n) is 10.4. The van der Waals surface area contributed by atoms with Crippen LogP contribution >= 0.6 is 21.6 Å². The fraction of sp³-hybridized carbons (Fsp3) is 0.674. The number of ether oxygens (including phenoxy) is 2. The van der Waals surface area contributed by atoms with Crippen LogP contribution in [-0.4, -0.2) is 75.0 Å². The van der Waals surface area contributed by atoms with E-state index < -0.39 is 12.2 Å². The number of phenols is 1. The fourth-order valence-corrected chi connectivity index (χ4v) is 13.5. The van der Waals surface area contributed by atoms with Gasteiger partial charge in [-0.25, -0.2) is 0 Å². The van der Waals surface area contributed by atoms with Gasteiger partial charge in [0.15, 0.2) is 17.5 Å². The Hall–Kier alpha value is -3.09. The summed E-state index contributed by atoms with van der Waals surface area (Å²) < 4.78 is 12.6. The topological polar surface area (TPSA) is 147 Å². The highest BCUT2D eigenvalue weighted by Crippen LogP contribution is 2.48. The molecule has 3 heterocycles. The lowest BCUT2D eigenvalue weighted by molar-refractivity contribution is -0.148. The maximum atomic E-state index is 14.1. The van der Waals surface area contributed by atoms with Crippen LogP contribution in [0.4, 0.5) is 0 Å². The molecular weight excluding hydrogens is 769 g/mol. The Balaban J connectivity index is 1.18. The highest BCUT2D eigenvalue weighted by Gasteiger charge is 2.44. The molecule has 3 fully saturated rings. The van der Waals surface area contributed by atoms with E-state index >= 15 is 0 Å². The summed E-state index contributed by atoms with van der Waals surface area (Å²) in [4.78, 5) is 33.1. The van der Waals surface area contributed by atoms with Crippen molar-refractivity contribution in [1.29, 1.82) is 0 Å². The van der Waals surface area contributed by atoms with E-state index in [4.69, 9.17) is 20.2 Å². The van der Waals surface area contributed by atoms with Gasteiger partial charge in [-0.15, -0.1) is 0 Å². The largest absolute Gasteiger partial charge is 0.504 e. The van der Waals surface area contributed by atoms with Gasteiger partial charge in [0.1, 0.15) is 12.2 Å². The molecule has 3 aliphatic heterocycles. The summed E-state index contributed by atoms with van der Waals surface area (Å²) in [5.41, 5.74) is 10.2. The van der Waals surface area contributed by atoms with Crippen molar-refractivity contribution in [3.63, 3.8) is 0 Å². The van der Waals surface area contributed by atoms with Crippen molar-refractivity contribution in [1.82, 2.24) is 10.2 Å². The highest BCUT2D eigenvalue weighted by atomic mass is 33.1. The Morgan fingerprint density at radius 3 is 2.62 bits per heavy atom. The lowest BCUT2D eigenvalue weighted by atomic mass is 9.78. The van der Waals surface area contributed by atoms with Gasteiger partial charge in [-0.1, -0.05) is 84.0 Å². The summed E-state index contributed by atoms with van der Waals surface area (Å²) in [6, 6.07) is 12.5. The number of rotatable bonds is 3. The number of carbonyl (C=O) groups excluding carboxylic acids is 2. The van der Waals surface area contributed by atoms with Gasteiger partial charge < -0.3 is 35.6 Å². The van der Waals surface area contributed by atoms with Gasteiger partial charge in [-0.05, 0) is 107 Å². The number of nitrogens with one attached hydrogen (secondary N) is 1. The molecule has 12 heteroatoms. The lowest BCUT2D eigenvalue weighted by Crippen LogP contribution is -2.47. The van der Waals surface area contributed by atoms with Crippen molar-refractivity contribution in [2.24, 2.45) is 22.1 Å². The molecule has 2 saturated carbocycles. The Morgan fingerprint density at radius 1 is 1.00 bits per heavy atom. The van der Waals surface area contributed by atoms with Gasteiger partial charge in [0.2, 0.25) is 5.91 Å². The molecular formula is C46H66N4O6S2. The van der Waals surface area contributed by atoms with E-state index in [9.17, 15) is 19.8 Å². The van der Waals surface area contributed by atoms with Gasteiger partial charge in [-0.2, -0.15) is 0 Å². The number of hydrogen-bond acceptors (Lipinski definition) is 11. The zero-order valence-electron chi connectivity index (χ0n) is 34.6. The Morgan fingerprint density at radius 2 is 1.81 bits per heavy atom. The minimum absolute atomic E-state index is 0.0678. The van der Waals surface area contributed by atoms with Crippen LogP contribution in [0.3, 0.4) is 0 Å². The van der Waals surface area contributed by atoms with Crippen LogP contribution < -0.4 is 15.8 Å². The predicted molar refractivity (Wildman–Crippen MR) is 234 cm³/mol. The van der Waals surface area contributed by atoms with E-state index in [-0.39, 0.29) is 40.6 Å². The molecule has 0 aromatic heterocycles. The maximum absolute atomic E-state index is 14.1. The van der Waals surface area contributed by atoms with Crippen molar-refractivity contribution in [2.75, 3.05) is 18.8 Å². The van der Waals surface area contributed by atoms with Crippen LogP contribution in [0, 0.1) is 11.3 Å². The summed E-state index contributed by atoms with van der Waals surface area (Å²) in [7, 11) is 3.82. The zero-order chi connectivity index (χ0) is 40.5. The van der Waals surface area contributed by atoms with Crippen LogP contribution in [0.25, 0.3) is 0 Å². The number of guanidine groups is 1. The molecule has 58 heavy (non-hydrogen) atoms. The van der Waals surface area contributed by atoms with Crippen LogP contribution in [0.15, 0.2) is 41.4 Å². The molecule has 1 saturated heterocycles. The summed E-state index contributed by atoms with van der Waals surface area (Å²) in [6.07, 6.45) is 16.9. The van der Waals surface area contributed by atoms with Gasteiger partial charge in [0.25, 0.3) is 0 Å². The molecule has 5 atom stereocenters. The van der Waals surface area contributed by atoms with E-state index in [1.54, 1.807) is 0 Å². The van der Waals surface area contributed by atoms with Gasteiger partial charge in [-0.3, -0.25) is 14.6 Å². The Kier molecular flexibility index (Phi) is 14.8. The van der Waals surface area contributed by atoms with E-state index in [0.29, 0.717) is 74.8 Å². The Bertz CT molecular complexity index is 1740. The summed E-state index contributed by atoms with van der Waals surface area (Å²) >= 11 is 0. The number of carbonyl (C=O) groups is 2. The lowest BCUT2D eigenvalue weighted by Gasteiger charge is -2.30. The number of hydrogen-bond donors (Lipinski definition) is 4. The molecule has 7 rings (SSSR count). The molecule has 5 aliphatic rings. The summed E-state index contributed by atoms with van der Waals surface area (Å²) in [5.74, 6) is 2.42. The summed E-state index contributed by atoms with van der Waals surface area (Å²) in [6.45, 7) is 2.77. The van der Waals surface area contributed by atoms with Crippen molar-refractivity contribution >= 4 is 39.4 Å². The summed E-state index contributed by atoms with van der Waals surface area (Å²) in [5, 5.41) is 26.8. The SMILES string of the molecule is CC(=O)O[C@@H]1CCc2cc(c(O)c3c2CC[C@H]2CCC[C@H]2O3)CN2C[C@@](Cc3ccccc3)(CCN=C(N)NC3(CCCC3)SSCCCCCC[C@H](O)C1)CC2=O. The van der Waals surface area contributed by atoms with E-state index in [1.165, 1.54) is 25.3 Å². The number of amides is 1. The quantitative estimate of drug-likeness (QED) is 0.176. The maximum Gasteiger partial charge on any atom is 0.302 e. The van der Waals surface area contributed by atoms with E-state index in [0.717, 1.165) is 93.9 Å². The number of aromatic hydroxyl groups is 1. The number of benzene rings is 2. The van der Waals surface area contributed by atoms with Gasteiger partial charge >= 0.3 is 5.97 Å². The second-order valence-electron chi connectivity index (χ2n) is 17.9. The second-order valence-corrected chi connectivity index (χ2v) is 20.7. The minimum atomic E-state index is -0.555. The predicted octanol–water partition coefficient (Wildman–Crippen LogP) is 8.37. The van der Waals surface area contributed by atoms with Crippen LogP contribution in [-0.2, 0) is 40.1 Å². The van der Waals surface area contributed by atoms with Crippen LogP contribution in [0.5, 0.6) is 11.5 Å². The standard InChI is InChI=1S/C46H66N4O6S2/c1-32(51)55-38-19-17-35-26-36(42(54)43-39(35)20-18-34-14-11-16-40(34)56-43)30-50-31-45(29-41(50)53,28-33-12-5-4-6-13-33)23-24-48-44(47)49-46(21-8-9-22-46)58-57-25-10-3-2-7-15-37(52)27-38/h4-6,12-13,26,34,37-38,40,52,54H,2-3,7-11,14-25,27-31H2,1H3,(H3,47,48,49)/t34-,37+,38-,40-,45-/m1/s1. The van der Waals surface area contributed by atoms with Crippen molar-refractivity contribution in [2.45, 2.75) is 165 Å². The first-order valence-corrected chi connectivity index (χ1v) is 24.5. The average molecular weight is 835 g/mol. The second kappa shape index (κ2) is 20.0. The molecule has 1 spiro atoms. The number of aryl methyl sites for hydroxylation is 1. The Labute approximate surface area is 353 Å². The number of nitrogens with zero attached hydrogens (tertiary/aromatic N) is 2.